The van der Waals surface area contributed by atoms with Crippen LogP contribution in [0.15, 0.2) is 36.4 Å². The topological polar surface area (TPSA) is 58.6 Å². The van der Waals surface area contributed by atoms with E-state index in [1.165, 1.54) is 6.07 Å². The molecule has 0 bridgehead atoms. The van der Waals surface area contributed by atoms with Crippen molar-refractivity contribution in [3.8, 4) is 11.1 Å². The van der Waals surface area contributed by atoms with Crippen LogP contribution >= 0.6 is 11.6 Å². The lowest BCUT2D eigenvalue weighted by atomic mass is 9.74. The predicted octanol–water partition coefficient (Wildman–Crippen LogP) is 4.19. The molecule has 1 saturated heterocycles. The Balaban J connectivity index is 1.67. The molecule has 2 fully saturated rings. The highest BCUT2D eigenvalue weighted by Gasteiger charge is 2.54. The van der Waals surface area contributed by atoms with Crippen molar-refractivity contribution in [2.75, 3.05) is 7.11 Å². The summed E-state index contributed by atoms with van der Waals surface area (Å²) in [6.07, 6.45) is 1.94. The third-order valence-electron chi connectivity index (χ3n) is 6.28. The fraction of sp³-hybridized carbons (Fsp3) is 0.409. The monoisotopic (exact) mass is 421 g/mol. The number of benzene rings is 2. The van der Waals surface area contributed by atoms with E-state index in [9.17, 15) is 18.7 Å². The molecule has 4 nitrogen and oxygen atoms in total. The van der Waals surface area contributed by atoms with E-state index >= 15 is 0 Å². The number of rotatable bonds is 3. The molecule has 2 unspecified atom stereocenters. The minimum absolute atomic E-state index is 0.129. The second kappa shape index (κ2) is 7.67. The largest absolute Gasteiger partial charge is 0.389 e. The molecular formula is C22H22ClF2NO3. The Morgan fingerprint density at radius 3 is 2.41 bits per heavy atom. The van der Waals surface area contributed by atoms with Gasteiger partial charge in [0, 0.05) is 12.1 Å². The van der Waals surface area contributed by atoms with Gasteiger partial charge in [0.15, 0.2) is 11.6 Å². The quantitative estimate of drug-likeness (QED) is 0.781. The second-order valence-corrected chi connectivity index (χ2v) is 8.28. The molecule has 1 aliphatic carbocycles. The molecule has 2 aliphatic rings. The molecule has 2 atom stereocenters. The molecule has 154 valence electrons. The lowest BCUT2D eigenvalue weighted by Gasteiger charge is -2.39. The molecule has 7 heteroatoms. The number of amides is 1. The number of aliphatic hydroxyl groups excluding tert-OH is 1. The first kappa shape index (κ1) is 20.3. The fourth-order valence-corrected chi connectivity index (χ4v) is 4.81. The Morgan fingerprint density at radius 2 is 1.76 bits per heavy atom. The zero-order valence-electron chi connectivity index (χ0n) is 15.9. The number of aliphatic hydroxyl groups is 1. The lowest BCUT2D eigenvalue weighted by molar-refractivity contribution is -0.121. The average molecular weight is 422 g/mol. The first-order valence-electron chi connectivity index (χ1n) is 9.62. The smallest absolute Gasteiger partial charge is 0.230 e. The van der Waals surface area contributed by atoms with Gasteiger partial charge < -0.3 is 15.2 Å². The second-order valence-electron chi connectivity index (χ2n) is 7.87. The normalized spacial score (nSPS) is 29.3. The van der Waals surface area contributed by atoms with Crippen LogP contribution in [0.1, 0.15) is 37.2 Å². The third-order valence-corrected chi connectivity index (χ3v) is 6.62. The van der Waals surface area contributed by atoms with Gasteiger partial charge in [-0.3, -0.25) is 4.79 Å². The molecule has 1 amide bonds. The van der Waals surface area contributed by atoms with Gasteiger partial charge >= 0.3 is 0 Å². The SMILES string of the molecule is COC1CCC2(CC1)NC(=O)C(c1cc(-c3ccc(F)c(F)c3)ccc1Cl)C2O. The third kappa shape index (κ3) is 3.54. The maximum absolute atomic E-state index is 13.7. The Kier molecular flexibility index (Phi) is 5.36. The summed E-state index contributed by atoms with van der Waals surface area (Å²) < 4.78 is 32.3. The van der Waals surface area contributed by atoms with Crippen LogP contribution in [0.3, 0.4) is 0 Å². The highest BCUT2D eigenvalue weighted by molar-refractivity contribution is 6.31. The van der Waals surface area contributed by atoms with Crippen molar-refractivity contribution in [1.29, 1.82) is 0 Å². The summed E-state index contributed by atoms with van der Waals surface area (Å²) in [5, 5.41) is 14.5. The fourth-order valence-electron chi connectivity index (χ4n) is 4.57. The molecule has 29 heavy (non-hydrogen) atoms. The Bertz CT molecular complexity index is 944. The van der Waals surface area contributed by atoms with Gasteiger partial charge in [-0.05, 0) is 66.6 Å². The Morgan fingerprint density at radius 1 is 1.10 bits per heavy atom. The number of carbonyl (C=O) groups excluding carboxylic acids is 1. The van der Waals surface area contributed by atoms with Gasteiger partial charge in [-0.25, -0.2) is 8.78 Å². The van der Waals surface area contributed by atoms with Gasteiger partial charge in [-0.1, -0.05) is 23.7 Å². The van der Waals surface area contributed by atoms with Gasteiger partial charge in [-0.2, -0.15) is 0 Å². The van der Waals surface area contributed by atoms with E-state index in [4.69, 9.17) is 16.3 Å². The van der Waals surface area contributed by atoms with E-state index < -0.39 is 29.2 Å². The standard InChI is InChI=1S/C22H22ClF2NO3/c1-29-14-6-8-22(9-7-14)20(27)19(21(28)26-22)15-10-12(2-4-16(15)23)13-3-5-17(24)18(25)11-13/h2-5,10-11,14,19-20,27H,6-9H2,1H3,(H,26,28). The van der Waals surface area contributed by atoms with Crippen molar-refractivity contribution in [2.45, 2.75) is 49.3 Å². The van der Waals surface area contributed by atoms with E-state index in [1.54, 1.807) is 25.3 Å². The molecular weight excluding hydrogens is 400 g/mol. The van der Waals surface area contributed by atoms with Crippen molar-refractivity contribution in [3.05, 3.63) is 58.6 Å². The van der Waals surface area contributed by atoms with Crippen LogP contribution in [-0.4, -0.2) is 35.9 Å². The molecule has 1 aliphatic heterocycles. The van der Waals surface area contributed by atoms with Crippen molar-refractivity contribution >= 4 is 17.5 Å². The number of halogens is 3. The van der Waals surface area contributed by atoms with E-state index in [1.807, 2.05) is 0 Å². The van der Waals surface area contributed by atoms with Crippen LogP contribution in [0.2, 0.25) is 5.02 Å². The van der Waals surface area contributed by atoms with Gasteiger partial charge in [0.1, 0.15) is 0 Å². The molecule has 2 N–H and O–H groups in total. The number of carbonyl (C=O) groups is 1. The summed E-state index contributed by atoms with van der Waals surface area (Å²) in [7, 11) is 1.67. The average Bonchev–Trinajstić information content (AvgIpc) is 2.95. The Labute approximate surface area is 172 Å². The maximum atomic E-state index is 13.7. The minimum Gasteiger partial charge on any atom is -0.389 e. The molecule has 4 rings (SSSR count). The van der Waals surface area contributed by atoms with Crippen molar-refractivity contribution in [3.63, 3.8) is 0 Å². The van der Waals surface area contributed by atoms with Crippen LogP contribution < -0.4 is 5.32 Å². The number of methoxy groups -OCH3 is 1. The lowest BCUT2D eigenvalue weighted by Crippen LogP contribution is -2.52. The van der Waals surface area contributed by atoms with E-state index in [2.05, 4.69) is 5.32 Å². The van der Waals surface area contributed by atoms with Gasteiger partial charge in [0.2, 0.25) is 5.91 Å². The van der Waals surface area contributed by atoms with Crippen molar-refractivity contribution in [2.24, 2.45) is 0 Å². The number of hydrogen-bond acceptors (Lipinski definition) is 3. The first-order chi connectivity index (χ1) is 13.8. The van der Waals surface area contributed by atoms with Crippen LogP contribution in [-0.2, 0) is 9.53 Å². The summed E-state index contributed by atoms with van der Waals surface area (Å²) in [6, 6.07) is 8.57. The summed E-state index contributed by atoms with van der Waals surface area (Å²) in [6.45, 7) is 0. The van der Waals surface area contributed by atoms with E-state index in [-0.39, 0.29) is 12.0 Å². The summed E-state index contributed by atoms with van der Waals surface area (Å²) in [5.41, 5.74) is 0.833. The first-order valence-corrected chi connectivity index (χ1v) is 10.0. The van der Waals surface area contributed by atoms with Gasteiger partial charge in [0.25, 0.3) is 0 Å². The highest BCUT2D eigenvalue weighted by atomic mass is 35.5. The number of hydrogen-bond donors (Lipinski definition) is 2. The molecule has 1 saturated carbocycles. The Hall–Kier alpha value is -2.02. The highest BCUT2D eigenvalue weighted by Crippen LogP contribution is 2.44. The molecule has 1 spiro atoms. The predicted molar refractivity (Wildman–Crippen MR) is 106 cm³/mol. The van der Waals surface area contributed by atoms with Gasteiger partial charge in [0.05, 0.1) is 23.7 Å². The van der Waals surface area contributed by atoms with Crippen molar-refractivity contribution in [1.82, 2.24) is 5.32 Å². The minimum atomic E-state index is -0.952. The molecule has 1 heterocycles. The molecule has 0 radical (unpaired) electrons. The van der Waals surface area contributed by atoms with E-state index in [0.717, 1.165) is 25.0 Å². The van der Waals surface area contributed by atoms with Crippen LogP contribution in [0.25, 0.3) is 11.1 Å². The number of nitrogens with one attached hydrogen (secondary N) is 1. The zero-order valence-corrected chi connectivity index (χ0v) is 16.7. The van der Waals surface area contributed by atoms with Crippen LogP contribution in [0.4, 0.5) is 8.78 Å². The summed E-state index contributed by atoms with van der Waals surface area (Å²) >= 11 is 6.38. The van der Waals surface area contributed by atoms with Crippen molar-refractivity contribution < 1.29 is 23.4 Å². The maximum Gasteiger partial charge on any atom is 0.230 e. The molecule has 2 aromatic rings. The van der Waals surface area contributed by atoms with Crippen LogP contribution in [0, 0.1) is 11.6 Å². The zero-order chi connectivity index (χ0) is 20.8. The molecule has 0 aromatic heterocycles. The van der Waals surface area contributed by atoms with Crippen LogP contribution in [0.5, 0.6) is 0 Å². The molecule has 2 aromatic carbocycles. The van der Waals surface area contributed by atoms with E-state index in [0.29, 0.717) is 34.6 Å². The summed E-state index contributed by atoms with van der Waals surface area (Å²) in [4.78, 5) is 12.8. The van der Waals surface area contributed by atoms with Gasteiger partial charge in [-0.15, -0.1) is 0 Å². The number of ether oxygens (including phenoxy) is 1. The summed E-state index contributed by atoms with van der Waals surface area (Å²) in [5.74, 6) is -2.99.